The standard InChI is InChI=1S/C14H14N2O3/c1-3-18-14(17)19-12-8-11-13(15-12)9-6-4-5-7-10(9)16(11)2/h4-8,15H,3H2,1-2H3. The van der Waals surface area contributed by atoms with Gasteiger partial charge in [0.1, 0.15) is 0 Å². The lowest BCUT2D eigenvalue weighted by atomic mass is 10.2. The number of benzene rings is 1. The zero-order valence-electron chi connectivity index (χ0n) is 10.8. The average Bonchev–Trinajstić information content (AvgIpc) is 2.91. The van der Waals surface area contributed by atoms with Gasteiger partial charge in [-0.15, -0.1) is 0 Å². The predicted molar refractivity (Wildman–Crippen MR) is 72.4 cm³/mol. The molecule has 3 rings (SSSR count). The molecule has 2 aromatic heterocycles. The van der Waals surface area contributed by atoms with Gasteiger partial charge in [0, 0.05) is 18.5 Å². The molecule has 0 fully saturated rings. The number of hydrogen-bond donors (Lipinski definition) is 1. The van der Waals surface area contributed by atoms with Crippen LogP contribution >= 0.6 is 0 Å². The van der Waals surface area contributed by atoms with E-state index in [1.165, 1.54) is 0 Å². The largest absolute Gasteiger partial charge is 0.515 e. The number of carbonyl (C=O) groups excluding carboxylic acids is 1. The quantitative estimate of drug-likeness (QED) is 0.718. The third kappa shape index (κ3) is 1.83. The van der Waals surface area contributed by atoms with Gasteiger partial charge >= 0.3 is 6.16 Å². The van der Waals surface area contributed by atoms with Crippen LogP contribution in [0.25, 0.3) is 21.9 Å². The summed E-state index contributed by atoms with van der Waals surface area (Å²) in [6.07, 6.45) is -0.696. The number of H-pyrrole nitrogens is 1. The van der Waals surface area contributed by atoms with Gasteiger partial charge in [-0.3, -0.25) is 0 Å². The first kappa shape index (κ1) is 11.6. The first-order chi connectivity index (χ1) is 9.20. The second-order valence-electron chi connectivity index (χ2n) is 4.26. The molecule has 0 aliphatic rings. The van der Waals surface area contributed by atoms with Gasteiger partial charge in [0.2, 0.25) is 5.88 Å². The van der Waals surface area contributed by atoms with E-state index in [2.05, 4.69) is 15.6 Å². The summed E-state index contributed by atoms with van der Waals surface area (Å²) in [7, 11) is 1.98. The van der Waals surface area contributed by atoms with Crippen molar-refractivity contribution >= 4 is 28.1 Å². The number of nitrogens with one attached hydrogen (secondary N) is 1. The van der Waals surface area contributed by atoms with Gasteiger partial charge in [-0.1, -0.05) is 18.2 Å². The van der Waals surface area contributed by atoms with Crippen LogP contribution in [0.2, 0.25) is 0 Å². The first-order valence-corrected chi connectivity index (χ1v) is 6.11. The summed E-state index contributed by atoms with van der Waals surface area (Å²) in [5, 5.41) is 1.10. The summed E-state index contributed by atoms with van der Waals surface area (Å²) in [6.45, 7) is 2.03. The zero-order valence-corrected chi connectivity index (χ0v) is 10.8. The number of aromatic nitrogens is 2. The summed E-state index contributed by atoms with van der Waals surface area (Å²) >= 11 is 0. The van der Waals surface area contributed by atoms with Crippen LogP contribution in [0, 0.1) is 0 Å². The highest BCUT2D eigenvalue weighted by Gasteiger charge is 2.13. The van der Waals surface area contributed by atoms with Gasteiger partial charge in [0.15, 0.2) is 0 Å². The highest BCUT2D eigenvalue weighted by molar-refractivity contribution is 6.06. The third-order valence-corrected chi connectivity index (χ3v) is 3.12. The SMILES string of the molecule is CCOC(=O)Oc1cc2c([nH]1)c1ccccc1n2C. The molecule has 1 aromatic carbocycles. The summed E-state index contributed by atoms with van der Waals surface area (Å²) < 4.78 is 11.9. The number of rotatable bonds is 2. The molecule has 0 unspecified atom stereocenters. The van der Waals surface area contributed by atoms with E-state index in [1.54, 1.807) is 13.0 Å². The van der Waals surface area contributed by atoms with Crippen molar-refractivity contribution in [2.75, 3.05) is 6.61 Å². The van der Waals surface area contributed by atoms with Crippen LogP contribution in [0.4, 0.5) is 4.79 Å². The van der Waals surface area contributed by atoms with E-state index < -0.39 is 6.16 Å². The van der Waals surface area contributed by atoms with E-state index in [1.807, 2.05) is 25.2 Å². The fourth-order valence-electron chi connectivity index (χ4n) is 2.29. The van der Waals surface area contributed by atoms with Crippen LogP contribution < -0.4 is 4.74 Å². The van der Waals surface area contributed by atoms with Crippen molar-refractivity contribution in [2.24, 2.45) is 7.05 Å². The molecule has 0 radical (unpaired) electrons. The average molecular weight is 258 g/mol. The molecular weight excluding hydrogens is 244 g/mol. The lowest BCUT2D eigenvalue weighted by molar-refractivity contribution is 0.103. The highest BCUT2D eigenvalue weighted by atomic mass is 16.7. The lowest BCUT2D eigenvalue weighted by Gasteiger charge is -2.01. The molecule has 19 heavy (non-hydrogen) atoms. The molecule has 0 saturated heterocycles. The van der Waals surface area contributed by atoms with E-state index in [0.29, 0.717) is 12.5 Å². The van der Waals surface area contributed by atoms with Crippen LogP contribution in [0.5, 0.6) is 5.88 Å². The summed E-state index contributed by atoms with van der Waals surface area (Å²) in [6, 6.07) is 9.86. The maximum atomic E-state index is 11.3. The molecule has 1 N–H and O–H groups in total. The predicted octanol–water partition coefficient (Wildman–Crippen LogP) is 3.19. The van der Waals surface area contributed by atoms with Crippen LogP contribution in [0.15, 0.2) is 30.3 Å². The number of hydrogen-bond acceptors (Lipinski definition) is 3. The molecule has 0 saturated carbocycles. The Morgan fingerprint density at radius 3 is 2.89 bits per heavy atom. The Morgan fingerprint density at radius 1 is 1.32 bits per heavy atom. The Morgan fingerprint density at radius 2 is 2.11 bits per heavy atom. The van der Waals surface area contributed by atoms with Crippen LogP contribution in [0.1, 0.15) is 6.92 Å². The van der Waals surface area contributed by atoms with Crippen molar-refractivity contribution in [3.05, 3.63) is 30.3 Å². The van der Waals surface area contributed by atoms with Crippen molar-refractivity contribution in [3.63, 3.8) is 0 Å². The highest BCUT2D eigenvalue weighted by Crippen LogP contribution is 2.30. The van der Waals surface area contributed by atoms with Crippen LogP contribution in [-0.2, 0) is 11.8 Å². The van der Waals surface area contributed by atoms with Gasteiger partial charge < -0.3 is 19.0 Å². The number of ether oxygens (including phenoxy) is 2. The summed E-state index contributed by atoms with van der Waals surface area (Å²) in [4.78, 5) is 14.4. The number of nitrogens with zero attached hydrogens (tertiary/aromatic N) is 1. The third-order valence-electron chi connectivity index (χ3n) is 3.12. The smallest absolute Gasteiger partial charge is 0.434 e. The van der Waals surface area contributed by atoms with Gasteiger partial charge in [0.25, 0.3) is 0 Å². The van der Waals surface area contributed by atoms with E-state index in [9.17, 15) is 4.79 Å². The number of fused-ring (bicyclic) bond motifs is 3. The molecule has 0 spiro atoms. The molecular formula is C14H14N2O3. The minimum atomic E-state index is -0.696. The minimum absolute atomic E-state index is 0.294. The first-order valence-electron chi connectivity index (χ1n) is 6.11. The molecule has 98 valence electrons. The van der Waals surface area contributed by atoms with Crippen molar-refractivity contribution in [1.29, 1.82) is 0 Å². The Labute approximate surface area is 109 Å². The molecule has 0 atom stereocenters. The minimum Gasteiger partial charge on any atom is -0.434 e. The molecule has 0 aliphatic heterocycles. The Bertz CT molecular complexity index is 755. The summed E-state index contributed by atoms with van der Waals surface area (Å²) in [5.41, 5.74) is 3.07. The lowest BCUT2D eigenvalue weighted by Crippen LogP contribution is -2.10. The zero-order chi connectivity index (χ0) is 13.4. The van der Waals surface area contributed by atoms with Crippen molar-refractivity contribution in [2.45, 2.75) is 6.92 Å². The van der Waals surface area contributed by atoms with Crippen LogP contribution in [-0.4, -0.2) is 22.3 Å². The molecule has 0 aliphatic carbocycles. The van der Waals surface area contributed by atoms with E-state index >= 15 is 0 Å². The summed E-state index contributed by atoms with van der Waals surface area (Å²) in [5.74, 6) is 0.393. The Kier molecular flexibility index (Phi) is 2.67. The fourth-order valence-corrected chi connectivity index (χ4v) is 2.29. The molecule has 0 bridgehead atoms. The normalized spacial score (nSPS) is 11.1. The van der Waals surface area contributed by atoms with Gasteiger partial charge in [0.05, 0.1) is 23.2 Å². The maximum absolute atomic E-state index is 11.3. The Hall–Kier alpha value is -2.43. The number of aromatic amines is 1. The van der Waals surface area contributed by atoms with Crippen LogP contribution in [0.3, 0.4) is 0 Å². The number of aryl methyl sites for hydroxylation is 1. The van der Waals surface area contributed by atoms with Crippen molar-refractivity contribution in [1.82, 2.24) is 9.55 Å². The topological polar surface area (TPSA) is 56.2 Å². The van der Waals surface area contributed by atoms with Crippen molar-refractivity contribution < 1.29 is 14.3 Å². The van der Waals surface area contributed by atoms with Gasteiger partial charge in [-0.2, -0.15) is 0 Å². The fraction of sp³-hybridized carbons (Fsp3) is 0.214. The monoisotopic (exact) mass is 258 g/mol. The van der Waals surface area contributed by atoms with Gasteiger partial charge in [-0.25, -0.2) is 4.79 Å². The second kappa shape index (κ2) is 4.35. The number of para-hydroxylation sites is 1. The maximum Gasteiger partial charge on any atom is 0.515 e. The molecule has 2 heterocycles. The molecule has 0 amide bonds. The van der Waals surface area contributed by atoms with E-state index in [0.717, 1.165) is 21.9 Å². The molecule has 5 heteroatoms. The van der Waals surface area contributed by atoms with E-state index in [-0.39, 0.29) is 0 Å². The second-order valence-corrected chi connectivity index (χ2v) is 4.26. The van der Waals surface area contributed by atoms with E-state index in [4.69, 9.17) is 9.47 Å². The van der Waals surface area contributed by atoms with Gasteiger partial charge in [-0.05, 0) is 13.0 Å². The number of carbonyl (C=O) groups is 1. The molecule has 5 nitrogen and oxygen atoms in total. The van der Waals surface area contributed by atoms with Crippen molar-refractivity contribution in [3.8, 4) is 5.88 Å². The Balaban J connectivity index is 2.06. The molecule has 3 aromatic rings.